The number of aliphatic carboxylic acids is 1. The van der Waals surface area contributed by atoms with E-state index in [0.717, 1.165) is 76.3 Å². The highest BCUT2D eigenvalue weighted by molar-refractivity contribution is 9.10. The van der Waals surface area contributed by atoms with Gasteiger partial charge in [0.05, 0.1) is 15.6 Å². The number of halogens is 1. The van der Waals surface area contributed by atoms with E-state index in [9.17, 15) is 14.7 Å². The standard InChI is InChI=1S/C29H31BrN6O3/c30-24-22-15-18(7-12-23(22)31-25(24)19-8-10-20(11-9-19)26-32-34-35-33-26)16-36(27(37)21-5-1-2-6-21)17-29(28(38)39)13-3-4-14-29/h7-12,15,21,31H,1-6,13-14,16-17H2,(H,38,39)(H,32,33,34,35). The van der Waals surface area contributed by atoms with Crippen molar-refractivity contribution in [3.05, 3.63) is 52.5 Å². The molecular weight excluding hydrogens is 560 g/mol. The number of carboxylic acids is 1. The molecular formula is C29H31BrN6O3. The summed E-state index contributed by atoms with van der Waals surface area (Å²) in [7, 11) is 0. The van der Waals surface area contributed by atoms with Crippen LogP contribution in [0.25, 0.3) is 33.5 Å². The van der Waals surface area contributed by atoms with E-state index >= 15 is 0 Å². The van der Waals surface area contributed by atoms with E-state index in [1.807, 2.05) is 41.3 Å². The van der Waals surface area contributed by atoms with Gasteiger partial charge in [-0.1, -0.05) is 56.0 Å². The Morgan fingerprint density at radius 2 is 1.74 bits per heavy atom. The Kier molecular flexibility index (Phi) is 6.97. The number of carbonyl (C=O) groups excluding carboxylic acids is 1. The maximum absolute atomic E-state index is 13.6. The summed E-state index contributed by atoms with van der Waals surface area (Å²) in [5, 5.41) is 25.3. The van der Waals surface area contributed by atoms with Crippen LogP contribution in [0.2, 0.25) is 0 Å². The van der Waals surface area contributed by atoms with Crippen LogP contribution in [0.3, 0.4) is 0 Å². The summed E-state index contributed by atoms with van der Waals surface area (Å²) < 4.78 is 0.943. The number of nitrogens with one attached hydrogen (secondary N) is 2. The van der Waals surface area contributed by atoms with Gasteiger partial charge in [-0.25, -0.2) is 0 Å². The van der Waals surface area contributed by atoms with Crippen molar-refractivity contribution >= 4 is 38.7 Å². The first kappa shape index (κ1) is 25.7. The molecule has 202 valence electrons. The summed E-state index contributed by atoms with van der Waals surface area (Å²) in [6, 6.07) is 14.1. The number of carboxylic acid groups (broad SMARTS) is 1. The van der Waals surface area contributed by atoms with Crippen molar-refractivity contribution in [2.45, 2.75) is 57.9 Å². The molecule has 4 aromatic rings. The SMILES string of the molecule is O=C(C1CCCC1)N(Cc1ccc2[nH]c(-c3ccc(-c4nn[nH]n4)cc3)c(Br)c2c1)CC1(C(=O)O)CCCC1. The minimum absolute atomic E-state index is 0.00185. The number of benzene rings is 2. The molecule has 39 heavy (non-hydrogen) atoms. The van der Waals surface area contributed by atoms with Gasteiger partial charge in [0.25, 0.3) is 0 Å². The first-order valence-corrected chi connectivity index (χ1v) is 14.4. The molecule has 10 heteroatoms. The fourth-order valence-electron chi connectivity index (χ4n) is 6.29. The van der Waals surface area contributed by atoms with E-state index in [4.69, 9.17) is 0 Å². The van der Waals surface area contributed by atoms with E-state index in [1.165, 1.54) is 0 Å². The summed E-state index contributed by atoms with van der Waals surface area (Å²) >= 11 is 3.80. The topological polar surface area (TPSA) is 128 Å². The number of aromatic amines is 2. The average Bonchev–Trinajstić information content (AvgIpc) is 3.77. The van der Waals surface area contributed by atoms with Gasteiger partial charge in [-0.2, -0.15) is 5.21 Å². The highest BCUT2D eigenvalue weighted by Crippen LogP contribution is 2.41. The van der Waals surface area contributed by atoms with Crippen LogP contribution >= 0.6 is 15.9 Å². The third-order valence-corrected chi connectivity index (χ3v) is 9.30. The number of H-pyrrole nitrogens is 2. The van der Waals surface area contributed by atoms with Crippen LogP contribution in [0.4, 0.5) is 0 Å². The van der Waals surface area contributed by atoms with Crippen LogP contribution in [0, 0.1) is 11.3 Å². The van der Waals surface area contributed by atoms with Gasteiger partial charge >= 0.3 is 5.97 Å². The van der Waals surface area contributed by atoms with Gasteiger partial charge in [-0.05, 0) is 70.1 Å². The monoisotopic (exact) mass is 590 g/mol. The predicted molar refractivity (Wildman–Crippen MR) is 151 cm³/mol. The van der Waals surface area contributed by atoms with Crippen molar-refractivity contribution in [2.75, 3.05) is 6.54 Å². The molecule has 2 aromatic heterocycles. The number of rotatable bonds is 8. The highest BCUT2D eigenvalue weighted by Gasteiger charge is 2.44. The molecule has 2 fully saturated rings. The number of hydrogen-bond donors (Lipinski definition) is 3. The summed E-state index contributed by atoms with van der Waals surface area (Å²) in [6.45, 7) is 0.689. The van der Waals surface area contributed by atoms with Crippen molar-refractivity contribution in [1.82, 2.24) is 30.5 Å². The zero-order valence-electron chi connectivity index (χ0n) is 21.6. The van der Waals surface area contributed by atoms with Crippen LogP contribution in [0.1, 0.15) is 56.9 Å². The number of amides is 1. The second-order valence-electron chi connectivity index (χ2n) is 11.0. The van der Waals surface area contributed by atoms with Crippen molar-refractivity contribution in [1.29, 1.82) is 0 Å². The molecule has 2 aliphatic rings. The number of aromatic nitrogens is 5. The van der Waals surface area contributed by atoms with Gasteiger partial charge in [0.15, 0.2) is 0 Å². The molecule has 0 spiro atoms. The second kappa shape index (κ2) is 10.6. The number of hydrogen-bond acceptors (Lipinski definition) is 5. The summed E-state index contributed by atoms with van der Waals surface area (Å²) in [5.41, 5.74) is 3.97. The summed E-state index contributed by atoms with van der Waals surface area (Å²) in [6.07, 6.45) is 6.99. The number of fused-ring (bicyclic) bond motifs is 1. The van der Waals surface area contributed by atoms with E-state index in [-0.39, 0.29) is 18.4 Å². The van der Waals surface area contributed by atoms with Gasteiger partial charge in [-0.3, -0.25) is 9.59 Å². The largest absolute Gasteiger partial charge is 0.481 e. The van der Waals surface area contributed by atoms with Gasteiger partial charge < -0.3 is 15.0 Å². The Balaban J connectivity index is 1.29. The zero-order chi connectivity index (χ0) is 27.0. The lowest BCUT2D eigenvalue weighted by Gasteiger charge is -2.34. The number of tetrazole rings is 1. The number of carbonyl (C=O) groups is 2. The second-order valence-corrected chi connectivity index (χ2v) is 11.8. The molecule has 0 bridgehead atoms. The molecule has 3 N–H and O–H groups in total. The third-order valence-electron chi connectivity index (χ3n) is 8.47. The first-order valence-electron chi connectivity index (χ1n) is 13.6. The van der Waals surface area contributed by atoms with E-state index in [0.29, 0.717) is 25.2 Å². The van der Waals surface area contributed by atoms with Crippen LogP contribution in [0.5, 0.6) is 0 Å². The minimum Gasteiger partial charge on any atom is -0.481 e. The van der Waals surface area contributed by atoms with Crippen LogP contribution in [-0.4, -0.2) is 54.0 Å². The maximum Gasteiger partial charge on any atom is 0.311 e. The van der Waals surface area contributed by atoms with Crippen molar-refractivity contribution < 1.29 is 14.7 Å². The lowest BCUT2D eigenvalue weighted by Crippen LogP contribution is -2.45. The Bertz CT molecular complexity index is 1490. The van der Waals surface area contributed by atoms with Crippen LogP contribution in [0.15, 0.2) is 46.9 Å². The molecule has 0 radical (unpaired) electrons. The number of nitrogens with zero attached hydrogens (tertiary/aromatic N) is 4. The van der Waals surface area contributed by atoms with E-state index in [2.05, 4.69) is 47.6 Å². The Hall–Kier alpha value is -3.53. The normalized spacial score (nSPS) is 17.2. The molecule has 0 saturated heterocycles. The molecule has 2 aliphatic carbocycles. The van der Waals surface area contributed by atoms with Gasteiger partial charge in [-0.15, -0.1) is 10.2 Å². The van der Waals surface area contributed by atoms with Crippen molar-refractivity contribution in [2.24, 2.45) is 11.3 Å². The zero-order valence-corrected chi connectivity index (χ0v) is 23.2. The third kappa shape index (κ3) is 4.97. The first-order chi connectivity index (χ1) is 18.9. The van der Waals surface area contributed by atoms with Crippen molar-refractivity contribution in [3.63, 3.8) is 0 Å². The Morgan fingerprint density at radius 1 is 1.03 bits per heavy atom. The van der Waals surface area contributed by atoms with Crippen molar-refractivity contribution in [3.8, 4) is 22.6 Å². The van der Waals surface area contributed by atoms with Crippen LogP contribution in [-0.2, 0) is 16.1 Å². The molecule has 6 rings (SSSR count). The minimum atomic E-state index is -0.839. The predicted octanol–water partition coefficient (Wildman–Crippen LogP) is 5.94. The fourth-order valence-corrected chi connectivity index (χ4v) is 6.95. The van der Waals surface area contributed by atoms with E-state index < -0.39 is 11.4 Å². The van der Waals surface area contributed by atoms with Gasteiger partial charge in [0.2, 0.25) is 11.7 Å². The summed E-state index contributed by atoms with van der Waals surface area (Å²) in [4.78, 5) is 31.3. The average molecular weight is 592 g/mol. The maximum atomic E-state index is 13.6. The lowest BCUT2D eigenvalue weighted by molar-refractivity contribution is -0.152. The van der Waals surface area contributed by atoms with Crippen LogP contribution < -0.4 is 0 Å². The molecule has 0 aliphatic heterocycles. The molecule has 0 atom stereocenters. The quantitative estimate of drug-likeness (QED) is 0.233. The molecule has 2 aromatic carbocycles. The Morgan fingerprint density at radius 3 is 2.41 bits per heavy atom. The van der Waals surface area contributed by atoms with E-state index in [1.54, 1.807) is 0 Å². The molecule has 2 heterocycles. The Labute approximate surface area is 234 Å². The van der Waals surface area contributed by atoms with Gasteiger partial charge in [0.1, 0.15) is 0 Å². The summed E-state index contributed by atoms with van der Waals surface area (Å²) in [5.74, 6) is -0.124. The molecule has 2 saturated carbocycles. The molecule has 9 nitrogen and oxygen atoms in total. The highest BCUT2D eigenvalue weighted by atomic mass is 79.9. The fraction of sp³-hybridized carbons (Fsp3) is 0.414. The lowest BCUT2D eigenvalue weighted by atomic mass is 9.85. The smallest absolute Gasteiger partial charge is 0.311 e. The molecule has 1 amide bonds. The van der Waals surface area contributed by atoms with Gasteiger partial charge in [0, 0.05) is 35.5 Å². The molecule has 0 unspecified atom stereocenters.